The van der Waals surface area contributed by atoms with Crippen LogP contribution in [0.25, 0.3) is 0 Å². The predicted octanol–water partition coefficient (Wildman–Crippen LogP) is 2.17. The van der Waals surface area contributed by atoms with Gasteiger partial charge in [-0.3, -0.25) is 4.79 Å². The third-order valence-electron chi connectivity index (χ3n) is 3.91. The summed E-state index contributed by atoms with van der Waals surface area (Å²) < 4.78 is 5.92. The van der Waals surface area contributed by atoms with Crippen LogP contribution in [0.3, 0.4) is 0 Å². The highest BCUT2D eigenvalue weighted by molar-refractivity contribution is 5.85. The molecule has 0 aliphatic carbocycles. The van der Waals surface area contributed by atoms with Gasteiger partial charge in [0.1, 0.15) is 5.60 Å². The summed E-state index contributed by atoms with van der Waals surface area (Å²) in [5.41, 5.74) is -0.406. The van der Waals surface area contributed by atoms with Gasteiger partial charge in [-0.2, -0.15) is 0 Å². The van der Waals surface area contributed by atoms with E-state index in [2.05, 4.69) is 13.8 Å². The lowest BCUT2D eigenvalue weighted by Crippen LogP contribution is -2.48. The molecule has 0 aromatic heterocycles. The molecule has 2 aliphatic rings. The molecule has 2 aliphatic heterocycles. The van der Waals surface area contributed by atoms with Gasteiger partial charge in [0.05, 0.1) is 6.10 Å². The van der Waals surface area contributed by atoms with E-state index in [1.807, 2.05) is 0 Å². The zero-order valence-corrected chi connectivity index (χ0v) is 8.67. The summed E-state index contributed by atoms with van der Waals surface area (Å²) in [4.78, 5) is 11.6. The van der Waals surface area contributed by atoms with Gasteiger partial charge >= 0.3 is 0 Å². The van der Waals surface area contributed by atoms with Crippen LogP contribution in [0.15, 0.2) is 0 Å². The van der Waals surface area contributed by atoms with Crippen molar-refractivity contribution in [2.24, 2.45) is 11.8 Å². The van der Waals surface area contributed by atoms with E-state index in [1.165, 1.54) is 0 Å². The first-order valence-electron chi connectivity index (χ1n) is 5.25. The van der Waals surface area contributed by atoms with Crippen molar-refractivity contribution in [2.45, 2.75) is 51.7 Å². The minimum Gasteiger partial charge on any atom is -0.363 e. The molecule has 2 fully saturated rings. The molecular weight excluding hydrogens is 164 g/mol. The molecule has 2 heterocycles. The maximum Gasteiger partial charge on any atom is 0.161 e. The monoisotopic (exact) mass is 182 g/mol. The van der Waals surface area contributed by atoms with Crippen LogP contribution in [0.2, 0.25) is 0 Å². The van der Waals surface area contributed by atoms with Gasteiger partial charge in [0.25, 0.3) is 0 Å². The molecule has 0 aromatic rings. The summed E-state index contributed by atoms with van der Waals surface area (Å²) in [7, 11) is 0. The zero-order chi connectivity index (χ0) is 9.64. The Morgan fingerprint density at radius 1 is 1.46 bits per heavy atom. The van der Waals surface area contributed by atoms with Crippen LogP contribution < -0.4 is 0 Å². The molecular formula is C11H18O2. The van der Waals surface area contributed by atoms with Gasteiger partial charge in [-0.15, -0.1) is 0 Å². The number of carbonyl (C=O) groups excluding carboxylic acids is 1. The molecule has 1 unspecified atom stereocenters. The average Bonchev–Trinajstić information content (AvgIpc) is 2.43. The van der Waals surface area contributed by atoms with Crippen LogP contribution in [0.4, 0.5) is 0 Å². The molecule has 13 heavy (non-hydrogen) atoms. The molecule has 0 radical (unpaired) electrons. The van der Waals surface area contributed by atoms with Gasteiger partial charge in [0, 0.05) is 0 Å². The van der Waals surface area contributed by atoms with Gasteiger partial charge in [-0.05, 0) is 38.0 Å². The molecule has 2 nitrogen and oxygen atoms in total. The van der Waals surface area contributed by atoms with E-state index in [4.69, 9.17) is 4.74 Å². The predicted molar refractivity (Wildman–Crippen MR) is 50.5 cm³/mol. The van der Waals surface area contributed by atoms with E-state index in [-0.39, 0.29) is 5.78 Å². The van der Waals surface area contributed by atoms with Crippen LogP contribution in [0.1, 0.15) is 40.0 Å². The van der Waals surface area contributed by atoms with E-state index in [1.54, 1.807) is 6.92 Å². The number of hydrogen-bond donors (Lipinski definition) is 0. The maximum atomic E-state index is 11.6. The number of hydrogen-bond acceptors (Lipinski definition) is 2. The van der Waals surface area contributed by atoms with Crippen LogP contribution in [-0.2, 0) is 9.53 Å². The molecule has 4 atom stereocenters. The van der Waals surface area contributed by atoms with Gasteiger partial charge in [0.2, 0.25) is 0 Å². The van der Waals surface area contributed by atoms with Crippen molar-refractivity contribution in [3.63, 3.8) is 0 Å². The lowest BCUT2D eigenvalue weighted by molar-refractivity contribution is -0.163. The van der Waals surface area contributed by atoms with E-state index in [9.17, 15) is 4.79 Å². The number of Topliss-reactive ketones (excluding diaryl/α,β-unsaturated/α-hetero) is 1. The Balaban J connectivity index is 2.27. The van der Waals surface area contributed by atoms with Crippen LogP contribution in [-0.4, -0.2) is 17.5 Å². The molecule has 0 N–H and O–H groups in total. The highest BCUT2D eigenvalue weighted by atomic mass is 16.5. The van der Waals surface area contributed by atoms with Gasteiger partial charge in [0.15, 0.2) is 5.78 Å². The summed E-state index contributed by atoms with van der Waals surface area (Å²) in [5.74, 6) is 1.26. The number of ketones is 1. The molecule has 0 saturated carbocycles. The first kappa shape index (κ1) is 9.20. The Hall–Kier alpha value is -0.370. The number of fused-ring (bicyclic) bond motifs is 2. The van der Waals surface area contributed by atoms with E-state index >= 15 is 0 Å². The molecule has 2 saturated heterocycles. The zero-order valence-electron chi connectivity index (χ0n) is 8.67. The van der Waals surface area contributed by atoms with E-state index in [0.717, 1.165) is 19.3 Å². The molecule has 74 valence electrons. The second kappa shape index (κ2) is 2.81. The lowest BCUT2D eigenvalue weighted by Gasteiger charge is -2.40. The van der Waals surface area contributed by atoms with Crippen LogP contribution >= 0.6 is 0 Å². The highest BCUT2D eigenvalue weighted by Crippen LogP contribution is 2.47. The summed E-state index contributed by atoms with van der Waals surface area (Å²) in [5, 5.41) is 0. The third-order valence-corrected chi connectivity index (χ3v) is 3.91. The van der Waals surface area contributed by atoms with Crippen molar-refractivity contribution in [1.29, 1.82) is 0 Å². The van der Waals surface area contributed by atoms with E-state index in [0.29, 0.717) is 17.9 Å². The molecule has 0 amide bonds. The fourth-order valence-corrected chi connectivity index (χ4v) is 3.01. The van der Waals surface area contributed by atoms with Crippen molar-refractivity contribution < 1.29 is 9.53 Å². The molecule has 2 bridgehead atoms. The Bertz CT molecular complexity index is 236. The fourth-order valence-electron chi connectivity index (χ4n) is 3.01. The van der Waals surface area contributed by atoms with Crippen molar-refractivity contribution in [1.82, 2.24) is 0 Å². The topological polar surface area (TPSA) is 26.3 Å². The van der Waals surface area contributed by atoms with Crippen LogP contribution in [0.5, 0.6) is 0 Å². The first-order chi connectivity index (χ1) is 6.06. The SMILES string of the molecule is CC(=O)[C@@]12CCC(O1)[C@@H](C)C[C@H]2C. The second-order valence-electron chi connectivity index (χ2n) is 4.75. The molecule has 0 spiro atoms. The Morgan fingerprint density at radius 2 is 2.15 bits per heavy atom. The fraction of sp³-hybridized carbons (Fsp3) is 0.909. The standard InChI is InChI=1S/C11H18O2/c1-7-6-8(2)11(9(3)12)5-4-10(7)13-11/h7-8,10H,4-6H2,1-3H3/t7-,8+,10?,11-/m0/s1. The van der Waals surface area contributed by atoms with Crippen LogP contribution in [0, 0.1) is 11.8 Å². The maximum absolute atomic E-state index is 11.6. The molecule has 2 heteroatoms. The van der Waals surface area contributed by atoms with Crippen molar-refractivity contribution >= 4 is 5.78 Å². The first-order valence-corrected chi connectivity index (χ1v) is 5.25. The Morgan fingerprint density at radius 3 is 2.77 bits per heavy atom. The van der Waals surface area contributed by atoms with E-state index < -0.39 is 5.60 Å². The minimum absolute atomic E-state index is 0.231. The third kappa shape index (κ3) is 1.15. The number of rotatable bonds is 1. The molecule has 0 aromatic carbocycles. The largest absolute Gasteiger partial charge is 0.363 e. The second-order valence-corrected chi connectivity index (χ2v) is 4.75. The van der Waals surface area contributed by atoms with Gasteiger partial charge < -0.3 is 4.74 Å². The molecule has 2 rings (SSSR count). The highest BCUT2D eigenvalue weighted by Gasteiger charge is 2.53. The summed E-state index contributed by atoms with van der Waals surface area (Å²) >= 11 is 0. The van der Waals surface area contributed by atoms with Crippen molar-refractivity contribution in [3.05, 3.63) is 0 Å². The summed E-state index contributed by atoms with van der Waals surface area (Å²) in [6.45, 7) is 6.06. The van der Waals surface area contributed by atoms with Gasteiger partial charge in [-0.25, -0.2) is 0 Å². The van der Waals surface area contributed by atoms with Gasteiger partial charge in [-0.1, -0.05) is 13.8 Å². The Labute approximate surface area is 79.7 Å². The Kier molecular flexibility index (Phi) is 1.99. The smallest absolute Gasteiger partial charge is 0.161 e. The number of ether oxygens (including phenoxy) is 1. The average molecular weight is 182 g/mol. The van der Waals surface area contributed by atoms with Crippen molar-refractivity contribution in [2.75, 3.05) is 0 Å². The summed E-state index contributed by atoms with van der Waals surface area (Å²) in [6, 6.07) is 0. The number of carbonyl (C=O) groups is 1. The minimum atomic E-state index is -0.406. The summed E-state index contributed by atoms with van der Waals surface area (Å²) in [6.07, 6.45) is 3.51. The van der Waals surface area contributed by atoms with Crippen molar-refractivity contribution in [3.8, 4) is 0 Å². The quantitative estimate of drug-likeness (QED) is 0.621. The normalized spacial score (nSPS) is 49.3. The lowest BCUT2D eigenvalue weighted by atomic mass is 9.79.